The summed E-state index contributed by atoms with van der Waals surface area (Å²) in [5, 5.41) is 4.45. The zero-order valence-corrected chi connectivity index (χ0v) is 22.1. The van der Waals surface area contributed by atoms with Crippen LogP contribution in [-0.4, -0.2) is 91.4 Å². The Kier molecular flexibility index (Phi) is 6.82. The molecule has 196 valence electrons. The van der Waals surface area contributed by atoms with Gasteiger partial charge in [0.2, 0.25) is 5.95 Å². The molecule has 36 heavy (non-hydrogen) atoms. The summed E-state index contributed by atoms with van der Waals surface area (Å²) < 4.78 is 27.5. The molecule has 4 heterocycles. The summed E-state index contributed by atoms with van der Waals surface area (Å²) in [6, 6.07) is 6.39. The molecule has 1 aromatic carbocycles. The van der Waals surface area contributed by atoms with E-state index in [0.717, 1.165) is 75.1 Å². The van der Waals surface area contributed by atoms with E-state index < -0.39 is 16.7 Å². The first-order valence-corrected chi connectivity index (χ1v) is 13.9. The highest BCUT2D eigenvalue weighted by Crippen LogP contribution is 2.43. The number of amides is 1. The quantitative estimate of drug-likeness (QED) is 0.600. The number of carbonyl (C=O) groups excluding carboxylic acids is 1. The summed E-state index contributed by atoms with van der Waals surface area (Å²) in [7, 11) is 0. The monoisotopic (exact) mass is 515 g/mol. The van der Waals surface area contributed by atoms with Gasteiger partial charge in [0.05, 0.1) is 17.1 Å². The van der Waals surface area contributed by atoms with Gasteiger partial charge in [-0.3, -0.25) is 9.11 Å². The van der Waals surface area contributed by atoms with Crippen LogP contribution in [0.1, 0.15) is 40.0 Å². The number of fused-ring (bicyclic) bond motifs is 1. The molecule has 3 aliphatic rings. The standard InChI is InChI=1S/C25H36N6O4S/c1-24(2,3)35-23(32)30-12-9-25(14-30)15-31(16-25)20-6-4-5-18-13-26-22(28-21(18)20)27-19-7-10-29(11-8-19)17-36(33)34/h4-6,13,19H,7-12,14-17H2,1-3H3,(H,33,34)(H,26,27,28)/p-1. The van der Waals surface area contributed by atoms with Crippen molar-refractivity contribution in [2.75, 3.05) is 55.4 Å². The molecule has 3 aliphatic heterocycles. The molecule has 1 unspecified atom stereocenters. The number of piperidine rings is 1. The average molecular weight is 516 g/mol. The first-order valence-electron chi connectivity index (χ1n) is 12.6. The number of para-hydroxylation sites is 1. The zero-order valence-electron chi connectivity index (χ0n) is 21.2. The topological polar surface area (TPSA) is 114 Å². The van der Waals surface area contributed by atoms with E-state index in [0.29, 0.717) is 5.95 Å². The number of likely N-dealkylation sites (tertiary alicyclic amines) is 2. The van der Waals surface area contributed by atoms with Crippen LogP contribution in [0.5, 0.6) is 0 Å². The molecule has 2 aromatic rings. The third-order valence-electron chi connectivity index (χ3n) is 7.28. The minimum absolute atomic E-state index is 0.0927. The van der Waals surface area contributed by atoms with Gasteiger partial charge >= 0.3 is 6.09 Å². The van der Waals surface area contributed by atoms with Crippen molar-refractivity contribution in [1.82, 2.24) is 19.8 Å². The SMILES string of the molecule is CC(C)(C)OC(=O)N1CCC2(C1)CN(c1cccc3cnc(NC4CCN(CS(=O)[O-])CC4)nc13)C2. The van der Waals surface area contributed by atoms with Gasteiger partial charge in [-0.25, -0.2) is 14.8 Å². The average Bonchev–Trinajstić information content (AvgIpc) is 3.24. The van der Waals surface area contributed by atoms with Gasteiger partial charge in [0.15, 0.2) is 0 Å². The Morgan fingerprint density at radius 1 is 1.22 bits per heavy atom. The number of benzene rings is 1. The molecule has 1 atom stereocenters. The molecule has 10 nitrogen and oxygen atoms in total. The number of hydrogen-bond acceptors (Lipinski definition) is 9. The summed E-state index contributed by atoms with van der Waals surface area (Å²) in [6.07, 6.45) is 4.32. The summed E-state index contributed by atoms with van der Waals surface area (Å²) in [4.78, 5) is 28.1. The normalized spacial score (nSPS) is 21.6. The Labute approximate surface area is 214 Å². The van der Waals surface area contributed by atoms with E-state index in [9.17, 15) is 13.6 Å². The number of anilines is 2. The minimum atomic E-state index is -2.04. The molecule has 3 saturated heterocycles. The van der Waals surface area contributed by atoms with Gasteiger partial charge in [-0.15, -0.1) is 0 Å². The van der Waals surface area contributed by atoms with E-state index in [1.54, 1.807) is 0 Å². The van der Waals surface area contributed by atoms with Crippen LogP contribution in [0.3, 0.4) is 0 Å². The Morgan fingerprint density at radius 3 is 2.67 bits per heavy atom. The van der Waals surface area contributed by atoms with Crippen LogP contribution in [0.15, 0.2) is 24.4 Å². The van der Waals surface area contributed by atoms with Crippen molar-refractivity contribution in [2.24, 2.45) is 5.41 Å². The van der Waals surface area contributed by atoms with Crippen molar-refractivity contribution in [1.29, 1.82) is 0 Å². The van der Waals surface area contributed by atoms with Crippen molar-refractivity contribution in [2.45, 2.75) is 51.7 Å². The third kappa shape index (κ3) is 5.57. The van der Waals surface area contributed by atoms with Gasteiger partial charge in [0.25, 0.3) is 0 Å². The molecule has 0 saturated carbocycles. The highest BCUT2D eigenvalue weighted by Gasteiger charge is 2.49. The first-order chi connectivity index (χ1) is 17.1. The Bertz CT molecular complexity index is 1140. The van der Waals surface area contributed by atoms with Gasteiger partial charge in [-0.2, -0.15) is 0 Å². The van der Waals surface area contributed by atoms with Crippen molar-refractivity contribution in [3.05, 3.63) is 24.4 Å². The fraction of sp³-hybridized carbons (Fsp3) is 0.640. The van der Waals surface area contributed by atoms with Gasteiger partial charge in [0, 0.05) is 62.3 Å². The predicted octanol–water partition coefficient (Wildman–Crippen LogP) is 2.79. The second-order valence-electron chi connectivity index (χ2n) is 11.4. The smallest absolute Gasteiger partial charge is 0.410 e. The summed E-state index contributed by atoms with van der Waals surface area (Å²) in [5.74, 6) is 0.697. The lowest BCUT2D eigenvalue weighted by Crippen LogP contribution is -2.58. The van der Waals surface area contributed by atoms with E-state index in [4.69, 9.17) is 9.72 Å². The lowest BCUT2D eigenvalue weighted by atomic mass is 9.78. The van der Waals surface area contributed by atoms with E-state index >= 15 is 0 Å². The molecular weight excluding hydrogens is 480 g/mol. The fourth-order valence-electron chi connectivity index (χ4n) is 5.51. The summed E-state index contributed by atoms with van der Waals surface area (Å²) in [6.45, 7) is 10.4. The van der Waals surface area contributed by atoms with Gasteiger partial charge < -0.3 is 24.4 Å². The maximum absolute atomic E-state index is 12.5. The third-order valence-corrected chi connectivity index (χ3v) is 7.86. The number of nitrogens with one attached hydrogen (secondary N) is 1. The molecule has 5 rings (SSSR count). The maximum atomic E-state index is 12.5. The lowest BCUT2D eigenvalue weighted by Gasteiger charge is -2.49. The van der Waals surface area contributed by atoms with Crippen LogP contribution < -0.4 is 10.2 Å². The van der Waals surface area contributed by atoms with Crippen LogP contribution in [-0.2, 0) is 15.8 Å². The summed E-state index contributed by atoms with van der Waals surface area (Å²) in [5.41, 5.74) is 1.63. The predicted molar refractivity (Wildman–Crippen MR) is 139 cm³/mol. The fourth-order valence-corrected chi connectivity index (χ4v) is 6.07. The molecule has 1 amide bonds. The first kappa shape index (κ1) is 25.2. The number of rotatable bonds is 5. The second kappa shape index (κ2) is 9.75. The molecule has 11 heteroatoms. The van der Waals surface area contributed by atoms with Gasteiger partial charge in [0.1, 0.15) is 5.60 Å². The number of ether oxygens (including phenoxy) is 1. The maximum Gasteiger partial charge on any atom is 0.410 e. The van der Waals surface area contributed by atoms with Crippen LogP contribution in [0.25, 0.3) is 10.9 Å². The molecule has 1 N–H and O–H groups in total. The van der Waals surface area contributed by atoms with Gasteiger partial charge in [-0.05, 0) is 57.2 Å². The molecule has 1 spiro atoms. The molecular formula is C25H35N6O4S-. The minimum Gasteiger partial charge on any atom is -0.771 e. The van der Waals surface area contributed by atoms with Crippen LogP contribution in [0.2, 0.25) is 0 Å². The van der Waals surface area contributed by atoms with Crippen LogP contribution in [0, 0.1) is 5.41 Å². The zero-order chi connectivity index (χ0) is 25.5. The van der Waals surface area contributed by atoms with E-state index in [1.165, 1.54) is 0 Å². The van der Waals surface area contributed by atoms with E-state index in [1.807, 2.05) is 48.9 Å². The van der Waals surface area contributed by atoms with Crippen molar-refractivity contribution < 1.29 is 18.3 Å². The number of hydrogen-bond donors (Lipinski definition) is 1. The second-order valence-corrected chi connectivity index (χ2v) is 12.3. The van der Waals surface area contributed by atoms with Gasteiger partial charge in [-0.1, -0.05) is 12.1 Å². The summed E-state index contributed by atoms with van der Waals surface area (Å²) >= 11 is -2.04. The molecule has 0 radical (unpaired) electrons. The van der Waals surface area contributed by atoms with Crippen molar-refractivity contribution in [3.8, 4) is 0 Å². The molecule has 3 fully saturated rings. The number of aromatic nitrogens is 2. The number of nitrogens with zero attached hydrogens (tertiary/aromatic N) is 5. The largest absolute Gasteiger partial charge is 0.771 e. The molecule has 0 bridgehead atoms. The highest BCUT2D eigenvalue weighted by atomic mass is 32.2. The van der Waals surface area contributed by atoms with Crippen molar-refractivity contribution in [3.63, 3.8) is 0 Å². The molecule has 0 aliphatic carbocycles. The van der Waals surface area contributed by atoms with Crippen LogP contribution >= 0.6 is 0 Å². The van der Waals surface area contributed by atoms with E-state index in [2.05, 4.69) is 21.3 Å². The van der Waals surface area contributed by atoms with Crippen molar-refractivity contribution >= 4 is 39.7 Å². The molecule has 1 aromatic heterocycles. The Morgan fingerprint density at radius 2 is 1.97 bits per heavy atom. The van der Waals surface area contributed by atoms with Crippen LogP contribution in [0.4, 0.5) is 16.4 Å². The lowest BCUT2D eigenvalue weighted by molar-refractivity contribution is 0.0265. The Balaban J connectivity index is 1.23. The number of carbonyl (C=O) groups is 1. The highest BCUT2D eigenvalue weighted by molar-refractivity contribution is 7.79. The Hall–Kier alpha value is -2.50. The van der Waals surface area contributed by atoms with E-state index in [-0.39, 0.29) is 23.4 Å².